The lowest BCUT2D eigenvalue weighted by molar-refractivity contribution is -0.385. The number of carbonyl (C=O) groups is 1. The second-order valence-electron chi connectivity index (χ2n) is 2.35. The monoisotopic (exact) mass is 263 g/mol. The summed E-state index contributed by atoms with van der Waals surface area (Å²) in [6.07, 6.45) is 0. The van der Waals surface area contributed by atoms with E-state index in [0.717, 1.165) is 0 Å². The zero-order valence-electron chi connectivity index (χ0n) is 6.53. The van der Waals surface area contributed by atoms with Crippen molar-refractivity contribution in [1.82, 2.24) is 0 Å². The van der Waals surface area contributed by atoms with Crippen molar-refractivity contribution in [2.24, 2.45) is 0 Å². The maximum absolute atomic E-state index is 12.7. The van der Waals surface area contributed by atoms with Crippen molar-refractivity contribution < 1.29 is 19.2 Å². The minimum absolute atomic E-state index is 0.239. The Morgan fingerprint density at radius 3 is 2.57 bits per heavy atom. The van der Waals surface area contributed by atoms with Gasteiger partial charge in [0.15, 0.2) is 0 Å². The first kappa shape index (κ1) is 10.6. The molecule has 0 aliphatic carbocycles. The van der Waals surface area contributed by atoms with Crippen molar-refractivity contribution >= 4 is 27.6 Å². The summed E-state index contributed by atoms with van der Waals surface area (Å²) in [5, 5.41) is 18.9. The molecule has 1 rings (SSSR count). The number of halogens is 2. The average Bonchev–Trinajstić information content (AvgIpc) is 2.07. The van der Waals surface area contributed by atoms with E-state index in [4.69, 9.17) is 5.11 Å². The fourth-order valence-corrected chi connectivity index (χ4v) is 1.41. The van der Waals surface area contributed by atoms with Gasteiger partial charge in [-0.2, -0.15) is 0 Å². The summed E-state index contributed by atoms with van der Waals surface area (Å²) in [5.41, 5.74) is -1.08. The highest BCUT2D eigenvalue weighted by Crippen LogP contribution is 2.29. The first-order valence-electron chi connectivity index (χ1n) is 3.30. The van der Waals surface area contributed by atoms with Gasteiger partial charge in [0.25, 0.3) is 5.69 Å². The van der Waals surface area contributed by atoms with Gasteiger partial charge in [-0.15, -0.1) is 0 Å². The number of rotatable bonds is 2. The molecule has 0 heterocycles. The van der Waals surface area contributed by atoms with Crippen LogP contribution in [0.15, 0.2) is 16.6 Å². The van der Waals surface area contributed by atoms with Gasteiger partial charge in [0, 0.05) is 0 Å². The first-order chi connectivity index (χ1) is 6.43. The Kier molecular flexibility index (Phi) is 2.80. The first-order valence-corrected chi connectivity index (χ1v) is 4.09. The molecule has 0 spiro atoms. The van der Waals surface area contributed by atoms with Gasteiger partial charge in [-0.1, -0.05) is 0 Å². The molecule has 0 fully saturated rings. The molecular formula is C7H3BrFNO4. The van der Waals surface area contributed by atoms with Crippen LogP contribution in [-0.4, -0.2) is 16.0 Å². The molecule has 14 heavy (non-hydrogen) atoms. The number of hydrogen-bond acceptors (Lipinski definition) is 3. The number of carboxylic acid groups (broad SMARTS) is 1. The van der Waals surface area contributed by atoms with Crippen molar-refractivity contribution in [3.8, 4) is 0 Å². The van der Waals surface area contributed by atoms with Gasteiger partial charge in [0.05, 0.1) is 16.6 Å². The minimum Gasteiger partial charge on any atom is -0.478 e. The van der Waals surface area contributed by atoms with Crippen LogP contribution in [0.1, 0.15) is 10.4 Å². The summed E-state index contributed by atoms with van der Waals surface area (Å²) in [5.74, 6) is -2.39. The average molecular weight is 264 g/mol. The lowest BCUT2D eigenvalue weighted by Gasteiger charge is -2.00. The van der Waals surface area contributed by atoms with Crippen LogP contribution in [0, 0.1) is 15.9 Å². The van der Waals surface area contributed by atoms with Crippen LogP contribution in [-0.2, 0) is 0 Å². The van der Waals surface area contributed by atoms with Crippen LogP contribution in [0.4, 0.5) is 10.1 Å². The molecule has 0 aliphatic heterocycles. The van der Waals surface area contributed by atoms with Crippen molar-refractivity contribution in [1.29, 1.82) is 0 Å². The molecule has 1 N–H and O–H groups in total. The molecule has 0 saturated heterocycles. The maximum atomic E-state index is 12.7. The third kappa shape index (κ3) is 1.87. The van der Waals surface area contributed by atoms with E-state index in [0.29, 0.717) is 12.1 Å². The van der Waals surface area contributed by atoms with Crippen molar-refractivity contribution in [2.75, 3.05) is 0 Å². The molecule has 74 valence electrons. The SMILES string of the molecule is O=C(O)c1cc(F)cc([N+](=O)[O-])c1Br. The number of hydrogen-bond donors (Lipinski definition) is 1. The van der Waals surface area contributed by atoms with Gasteiger partial charge in [-0.3, -0.25) is 10.1 Å². The molecule has 0 aliphatic rings. The van der Waals surface area contributed by atoms with Crippen molar-refractivity contribution in [3.05, 3.63) is 38.1 Å². The summed E-state index contributed by atoms with van der Waals surface area (Å²) in [7, 11) is 0. The van der Waals surface area contributed by atoms with Gasteiger partial charge in [-0.05, 0) is 22.0 Å². The Balaban J connectivity index is 3.47. The third-order valence-corrected chi connectivity index (χ3v) is 2.28. The van der Waals surface area contributed by atoms with E-state index in [-0.39, 0.29) is 4.47 Å². The lowest BCUT2D eigenvalue weighted by Crippen LogP contribution is -2.01. The Labute approximate surface area is 85.4 Å². The van der Waals surface area contributed by atoms with Crippen molar-refractivity contribution in [2.45, 2.75) is 0 Å². The van der Waals surface area contributed by atoms with E-state index in [1.165, 1.54) is 0 Å². The Bertz CT molecular complexity index is 385. The zero-order chi connectivity index (χ0) is 10.9. The van der Waals surface area contributed by atoms with Gasteiger partial charge >= 0.3 is 5.97 Å². The van der Waals surface area contributed by atoms with E-state index in [9.17, 15) is 19.3 Å². The minimum atomic E-state index is -1.43. The fourth-order valence-electron chi connectivity index (χ4n) is 0.863. The summed E-state index contributed by atoms with van der Waals surface area (Å²) < 4.78 is 12.5. The Hall–Kier alpha value is -1.50. The second-order valence-corrected chi connectivity index (χ2v) is 3.14. The van der Waals surface area contributed by atoms with Gasteiger partial charge in [-0.25, -0.2) is 9.18 Å². The van der Waals surface area contributed by atoms with Crippen LogP contribution in [0.5, 0.6) is 0 Å². The van der Waals surface area contributed by atoms with E-state index < -0.39 is 28.0 Å². The third-order valence-electron chi connectivity index (χ3n) is 1.45. The van der Waals surface area contributed by atoms with Gasteiger partial charge in [0.2, 0.25) is 0 Å². The van der Waals surface area contributed by atoms with Gasteiger partial charge in [0.1, 0.15) is 10.3 Å². The normalized spacial score (nSPS) is 9.86. The Morgan fingerprint density at radius 2 is 2.14 bits per heavy atom. The molecule has 0 aromatic heterocycles. The number of nitro benzene ring substituents is 1. The summed E-state index contributed by atoms with van der Waals surface area (Å²) >= 11 is 2.73. The number of carboxylic acids is 1. The highest BCUT2D eigenvalue weighted by Gasteiger charge is 2.21. The molecule has 0 amide bonds. The highest BCUT2D eigenvalue weighted by molar-refractivity contribution is 9.10. The van der Waals surface area contributed by atoms with Crippen LogP contribution in [0.2, 0.25) is 0 Å². The quantitative estimate of drug-likeness (QED) is 0.655. The fraction of sp³-hybridized carbons (Fsp3) is 0. The molecule has 5 nitrogen and oxygen atoms in total. The summed E-state index contributed by atoms with van der Waals surface area (Å²) in [6.45, 7) is 0. The highest BCUT2D eigenvalue weighted by atomic mass is 79.9. The van der Waals surface area contributed by atoms with E-state index >= 15 is 0 Å². The van der Waals surface area contributed by atoms with Gasteiger partial charge < -0.3 is 5.11 Å². The number of nitrogens with zero attached hydrogens (tertiary/aromatic N) is 1. The molecule has 0 radical (unpaired) electrons. The zero-order valence-corrected chi connectivity index (χ0v) is 8.12. The second kappa shape index (κ2) is 3.70. The standard InChI is InChI=1S/C7H3BrFNO4/c8-6-4(7(11)12)1-3(9)2-5(6)10(13)14/h1-2H,(H,11,12). The molecule has 0 atom stereocenters. The number of aromatic carboxylic acids is 1. The predicted octanol–water partition coefficient (Wildman–Crippen LogP) is 2.19. The largest absolute Gasteiger partial charge is 0.478 e. The smallest absolute Gasteiger partial charge is 0.337 e. The Morgan fingerprint density at radius 1 is 1.57 bits per heavy atom. The maximum Gasteiger partial charge on any atom is 0.337 e. The molecule has 1 aromatic rings. The van der Waals surface area contributed by atoms with Crippen molar-refractivity contribution in [3.63, 3.8) is 0 Å². The predicted molar refractivity (Wildman–Crippen MR) is 47.7 cm³/mol. The molecular weight excluding hydrogens is 261 g/mol. The summed E-state index contributed by atoms with van der Waals surface area (Å²) in [6, 6.07) is 1.36. The molecule has 0 bridgehead atoms. The van der Waals surface area contributed by atoms with E-state index in [1.807, 2.05) is 0 Å². The molecule has 0 unspecified atom stereocenters. The molecule has 0 saturated carbocycles. The van der Waals surface area contributed by atoms with Crippen LogP contribution in [0.25, 0.3) is 0 Å². The van der Waals surface area contributed by atoms with Crippen LogP contribution < -0.4 is 0 Å². The molecule has 7 heteroatoms. The topological polar surface area (TPSA) is 80.4 Å². The molecule has 1 aromatic carbocycles. The lowest BCUT2D eigenvalue weighted by atomic mass is 10.2. The number of benzene rings is 1. The van der Waals surface area contributed by atoms with Crippen LogP contribution >= 0.6 is 15.9 Å². The van der Waals surface area contributed by atoms with E-state index in [1.54, 1.807) is 0 Å². The summed E-state index contributed by atoms with van der Waals surface area (Å²) in [4.78, 5) is 20.0. The van der Waals surface area contributed by atoms with E-state index in [2.05, 4.69) is 15.9 Å². The number of nitro groups is 1. The van der Waals surface area contributed by atoms with Crippen LogP contribution in [0.3, 0.4) is 0 Å².